The Bertz CT molecular complexity index is 566. The summed E-state index contributed by atoms with van der Waals surface area (Å²) in [6.07, 6.45) is 2.56. The van der Waals surface area contributed by atoms with Crippen LogP contribution < -0.4 is 0 Å². The maximum Gasteiger partial charge on any atom is 0.124 e. The van der Waals surface area contributed by atoms with Crippen LogP contribution in [0.4, 0.5) is 0 Å². The molecule has 4 heteroatoms. The number of fused-ring (bicyclic) bond motifs is 1. The summed E-state index contributed by atoms with van der Waals surface area (Å²) in [7, 11) is 0. The molecule has 0 N–H and O–H groups in total. The maximum atomic E-state index is 8.82. The number of nitrogens with zero attached hydrogens (tertiary/aromatic N) is 3. The molecule has 2 aromatic rings. The minimum atomic E-state index is 0.343. The Morgan fingerprint density at radius 3 is 3.00 bits per heavy atom. The number of unbranched alkanes of at least 4 members (excludes halogenated alkanes) is 1. The minimum Gasteiger partial charge on any atom is -0.327 e. The van der Waals surface area contributed by atoms with Gasteiger partial charge in [-0.3, -0.25) is 0 Å². The van der Waals surface area contributed by atoms with E-state index < -0.39 is 0 Å². The number of imidazole rings is 1. The van der Waals surface area contributed by atoms with Crippen molar-refractivity contribution in [1.82, 2.24) is 9.55 Å². The highest BCUT2D eigenvalue weighted by Gasteiger charge is 2.10. The second kappa shape index (κ2) is 5.20. The van der Waals surface area contributed by atoms with Crippen molar-refractivity contribution in [2.24, 2.45) is 0 Å². The van der Waals surface area contributed by atoms with Gasteiger partial charge < -0.3 is 4.57 Å². The molecule has 0 radical (unpaired) electrons. The predicted octanol–water partition coefficient (Wildman–Crippen LogP) is 3.56. The summed E-state index contributed by atoms with van der Waals surface area (Å²) in [5.74, 6) is 0.832. The van der Waals surface area contributed by atoms with Crippen LogP contribution in [0.15, 0.2) is 18.2 Å². The Hall–Kier alpha value is -1.53. The van der Waals surface area contributed by atoms with Gasteiger partial charge in [0.05, 0.1) is 23.5 Å². The van der Waals surface area contributed by atoms with E-state index in [4.69, 9.17) is 16.9 Å². The number of hydrogen-bond donors (Lipinski definition) is 0. The van der Waals surface area contributed by atoms with Crippen LogP contribution in [-0.4, -0.2) is 9.55 Å². The van der Waals surface area contributed by atoms with Gasteiger partial charge in [0.2, 0.25) is 0 Å². The molecule has 0 spiro atoms. The molecule has 0 aliphatic heterocycles. The monoisotopic (exact) mass is 247 g/mol. The molecule has 1 aromatic carbocycles. The zero-order chi connectivity index (χ0) is 12.3. The van der Waals surface area contributed by atoms with Gasteiger partial charge in [-0.15, -0.1) is 0 Å². The number of aryl methyl sites for hydroxylation is 1. The number of benzene rings is 1. The van der Waals surface area contributed by atoms with Gasteiger partial charge in [-0.2, -0.15) is 5.26 Å². The molecule has 17 heavy (non-hydrogen) atoms. The Morgan fingerprint density at radius 1 is 1.47 bits per heavy atom. The highest BCUT2D eigenvalue weighted by molar-refractivity contribution is 6.31. The third-order valence-corrected chi connectivity index (χ3v) is 3.00. The number of rotatable bonds is 4. The minimum absolute atomic E-state index is 0.343. The molecule has 3 nitrogen and oxygen atoms in total. The maximum absolute atomic E-state index is 8.82. The van der Waals surface area contributed by atoms with Gasteiger partial charge in [0, 0.05) is 11.6 Å². The molecule has 0 saturated carbocycles. The molecule has 0 aliphatic carbocycles. The van der Waals surface area contributed by atoms with Crippen molar-refractivity contribution >= 4 is 22.6 Å². The van der Waals surface area contributed by atoms with Gasteiger partial charge in [0.15, 0.2) is 0 Å². The molecular formula is C13H14ClN3. The quantitative estimate of drug-likeness (QED) is 0.829. The molecule has 0 saturated heterocycles. The van der Waals surface area contributed by atoms with Crippen molar-refractivity contribution in [3.63, 3.8) is 0 Å². The number of nitriles is 1. The second-order valence-corrected chi connectivity index (χ2v) is 4.44. The number of hydrogen-bond acceptors (Lipinski definition) is 2. The van der Waals surface area contributed by atoms with Gasteiger partial charge in [-0.25, -0.2) is 4.98 Å². The average molecular weight is 248 g/mol. The highest BCUT2D eigenvalue weighted by atomic mass is 35.5. The molecule has 0 unspecified atom stereocenters. The molecule has 1 aromatic heterocycles. The lowest BCUT2D eigenvalue weighted by atomic mass is 10.3. The van der Waals surface area contributed by atoms with Crippen LogP contribution in [0.1, 0.15) is 25.6 Å². The first-order valence-corrected chi connectivity index (χ1v) is 6.15. The summed E-state index contributed by atoms with van der Waals surface area (Å²) in [5, 5.41) is 9.50. The van der Waals surface area contributed by atoms with Crippen molar-refractivity contribution in [2.75, 3.05) is 0 Å². The standard InChI is InChI=1S/C13H14ClN3/c1-2-3-8-17-12-5-4-10(14)9-11(12)16-13(17)6-7-15/h4-5,9H,2-3,6,8H2,1H3. The third kappa shape index (κ3) is 2.42. The van der Waals surface area contributed by atoms with E-state index in [1.807, 2.05) is 18.2 Å². The van der Waals surface area contributed by atoms with Crippen LogP contribution in [-0.2, 0) is 13.0 Å². The molecule has 1 heterocycles. The van der Waals surface area contributed by atoms with Crippen molar-refractivity contribution < 1.29 is 0 Å². The smallest absolute Gasteiger partial charge is 0.124 e. The SMILES string of the molecule is CCCCn1c(CC#N)nc2cc(Cl)ccc21. The summed E-state index contributed by atoms with van der Waals surface area (Å²) in [6.45, 7) is 3.06. The van der Waals surface area contributed by atoms with E-state index in [1.165, 1.54) is 0 Å². The summed E-state index contributed by atoms with van der Waals surface area (Å²) < 4.78 is 2.12. The predicted molar refractivity (Wildman–Crippen MR) is 69.0 cm³/mol. The summed E-state index contributed by atoms with van der Waals surface area (Å²) >= 11 is 5.95. The fraction of sp³-hybridized carbons (Fsp3) is 0.385. The lowest BCUT2D eigenvalue weighted by Crippen LogP contribution is -2.03. The molecule has 0 atom stereocenters. The van der Waals surface area contributed by atoms with E-state index in [1.54, 1.807) is 0 Å². The summed E-state index contributed by atoms with van der Waals surface area (Å²) in [6, 6.07) is 7.85. The molecule has 0 aliphatic rings. The fourth-order valence-corrected chi connectivity index (χ4v) is 2.09. The van der Waals surface area contributed by atoms with E-state index in [9.17, 15) is 0 Å². The van der Waals surface area contributed by atoms with Gasteiger partial charge in [-0.05, 0) is 24.6 Å². The Balaban J connectivity index is 2.51. The Labute approximate surface area is 106 Å². The normalized spacial score (nSPS) is 10.6. The summed E-state index contributed by atoms with van der Waals surface area (Å²) in [5.41, 5.74) is 1.94. The molecule has 0 amide bonds. The van der Waals surface area contributed by atoms with E-state index >= 15 is 0 Å². The van der Waals surface area contributed by atoms with Crippen LogP contribution in [0.25, 0.3) is 11.0 Å². The first-order chi connectivity index (χ1) is 8.26. The van der Waals surface area contributed by atoms with Crippen molar-refractivity contribution in [2.45, 2.75) is 32.7 Å². The Kier molecular flexibility index (Phi) is 3.65. The number of halogens is 1. The van der Waals surface area contributed by atoms with Crippen LogP contribution >= 0.6 is 11.6 Å². The van der Waals surface area contributed by atoms with Crippen LogP contribution in [0.2, 0.25) is 5.02 Å². The van der Waals surface area contributed by atoms with E-state index in [0.717, 1.165) is 36.2 Å². The zero-order valence-corrected chi connectivity index (χ0v) is 10.5. The largest absolute Gasteiger partial charge is 0.327 e. The zero-order valence-electron chi connectivity index (χ0n) is 9.78. The first-order valence-electron chi connectivity index (χ1n) is 5.78. The molecular weight excluding hydrogens is 234 g/mol. The van der Waals surface area contributed by atoms with Gasteiger partial charge in [0.25, 0.3) is 0 Å². The van der Waals surface area contributed by atoms with Gasteiger partial charge in [0.1, 0.15) is 5.82 Å². The molecule has 88 valence electrons. The molecule has 0 bridgehead atoms. The fourth-order valence-electron chi connectivity index (χ4n) is 1.92. The van der Waals surface area contributed by atoms with Crippen molar-refractivity contribution in [3.8, 4) is 6.07 Å². The van der Waals surface area contributed by atoms with Crippen LogP contribution in [0.5, 0.6) is 0 Å². The highest BCUT2D eigenvalue weighted by Crippen LogP contribution is 2.21. The van der Waals surface area contributed by atoms with Gasteiger partial charge in [-0.1, -0.05) is 24.9 Å². The topological polar surface area (TPSA) is 41.6 Å². The van der Waals surface area contributed by atoms with Crippen LogP contribution in [0, 0.1) is 11.3 Å². The van der Waals surface area contributed by atoms with E-state index in [0.29, 0.717) is 11.4 Å². The van der Waals surface area contributed by atoms with Gasteiger partial charge >= 0.3 is 0 Å². The lowest BCUT2D eigenvalue weighted by Gasteiger charge is -2.06. The molecule has 0 fully saturated rings. The third-order valence-electron chi connectivity index (χ3n) is 2.76. The summed E-state index contributed by atoms with van der Waals surface area (Å²) in [4.78, 5) is 4.47. The van der Waals surface area contributed by atoms with E-state index in [-0.39, 0.29) is 0 Å². The Morgan fingerprint density at radius 2 is 2.29 bits per heavy atom. The number of aromatic nitrogens is 2. The van der Waals surface area contributed by atoms with E-state index in [2.05, 4.69) is 22.5 Å². The lowest BCUT2D eigenvalue weighted by molar-refractivity contribution is 0.625. The van der Waals surface area contributed by atoms with Crippen molar-refractivity contribution in [3.05, 3.63) is 29.0 Å². The average Bonchev–Trinajstić information content (AvgIpc) is 2.63. The molecule has 2 rings (SSSR count). The second-order valence-electron chi connectivity index (χ2n) is 4.00. The van der Waals surface area contributed by atoms with Crippen molar-refractivity contribution in [1.29, 1.82) is 5.26 Å². The van der Waals surface area contributed by atoms with Crippen LogP contribution in [0.3, 0.4) is 0 Å². The first kappa shape index (κ1) is 11.9.